The molecule has 2 aliphatic heterocycles. The molecule has 224 valence electrons. The molecule has 2 fully saturated rings. The van der Waals surface area contributed by atoms with Crippen LogP contribution in [0.5, 0.6) is 0 Å². The summed E-state index contributed by atoms with van der Waals surface area (Å²) in [5.41, 5.74) is 0.801. The summed E-state index contributed by atoms with van der Waals surface area (Å²) in [7, 11) is 0. The van der Waals surface area contributed by atoms with Crippen molar-refractivity contribution in [3.05, 3.63) is 35.9 Å². The van der Waals surface area contributed by atoms with Crippen LogP contribution in [0, 0.1) is 5.92 Å². The summed E-state index contributed by atoms with van der Waals surface area (Å²) in [6.45, 7) is 3.73. The van der Waals surface area contributed by atoms with E-state index < -0.39 is 53.8 Å². The monoisotopic (exact) mass is 573 g/mol. The maximum atomic E-state index is 13.2. The van der Waals surface area contributed by atoms with Crippen molar-refractivity contribution in [2.45, 2.75) is 70.7 Å². The van der Waals surface area contributed by atoms with Crippen molar-refractivity contribution >= 4 is 35.7 Å². The number of likely N-dealkylation sites (tertiary alicyclic amines) is 2. The van der Waals surface area contributed by atoms with E-state index in [1.54, 1.807) is 12.1 Å². The van der Waals surface area contributed by atoms with E-state index in [2.05, 4.69) is 16.0 Å². The van der Waals surface area contributed by atoms with Crippen molar-refractivity contribution in [2.24, 2.45) is 5.92 Å². The van der Waals surface area contributed by atoms with Gasteiger partial charge in [0.2, 0.25) is 23.6 Å². The zero-order chi connectivity index (χ0) is 29.9. The number of nitrogens with one attached hydrogen (secondary N) is 3. The quantitative estimate of drug-likeness (QED) is 0.282. The van der Waals surface area contributed by atoms with Crippen LogP contribution in [0.4, 0.5) is 4.79 Å². The van der Waals surface area contributed by atoms with E-state index in [-0.39, 0.29) is 25.6 Å². The number of carbonyl (C=O) groups is 6. The maximum absolute atomic E-state index is 13.2. The Morgan fingerprint density at radius 2 is 1.49 bits per heavy atom. The van der Waals surface area contributed by atoms with Gasteiger partial charge >= 0.3 is 12.1 Å². The number of nitrogens with zero attached hydrogens (tertiary/aromatic N) is 2. The van der Waals surface area contributed by atoms with E-state index in [9.17, 15) is 33.9 Å². The van der Waals surface area contributed by atoms with Gasteiger partial charge < -0.3 is 35.6 Å². The lowest BCUT2D eigenvalue weighted by molar-refractivity contribution is -0.148. The summed E-state index contributed by atoms with van der Waals surface area (Å²) in [6.07, 6.45) is 1.46. The minimum Gasteiger partial charge on any atom is -0.480 e. The zero-order valence-corrected chi connectivity index (χ0v) is 23.5. The fraction of sp³-hybridized carbons (Fsp3) is 0.571. The average molecular weight is 574 g/mol. The zero-order valence-electron chi connectivity index (χ0n) is 23.5. The SMILES string of the molecule is CC(C)C[C@H](NC(=O)[C@H]1CCCN1C(=O)CNC(=O)OCc1ccccc1)C(=O)NCC(=O)N1CCC[C@H]1C(=O)O. The van der Waals surface area contributed by atoms with E-state index >= 15 is 0 Å². The molecule has 0 bridgehead atoms. The average Bonchev–Trinajstić information content (AvgIpc) is 3.64. The number of rotatable bonds is 12. The van der Waals surface area contributed by atoms with Gasteiger partial charge in [-0.25, -0.2) is 9.59 Å². The number of carboxylic acids is 1. The molecule has 2 saturated heterocycles. The van der Waals surface area contributed by atoms with Gasteiger partial charge in [0, 0.05) is 13.1 Å². The highest BCUT2D eigenvalue weighted by Crippen LogP contribution is 2.19. The first-order chi connectivity index (χ1) is 19.6. The van der Waals surface area contributed by atoms with Gasteiger partial charge in [-0.15, -0.1) is 0 Å². The second kappa shape index (κ2) is 15.0. The highest BCUT2D eigenvalue weighted by Gasteiger charge is 2.37. The normalized spacial score (nSPS) is 19.0. The van der Waals surface area contributed by atoms with Crippen LogP contribution in [0.25, 0.3) is 0 Å². The molecule has 0 radical (unpaired) electrons. The number of aliphatic carboxylic acids is 1. The first-order valence-electron chi connectivity index (χ1n) is 13.9. The molecule has 41 heavy (non-hydrogen) atoms. The number of amides is 5. The summed E-state index contributed by atoms with van der Waals surface area (Å²) in [4.78, 5) is 77.6. The Labute approximate surface area is 238 Å². The maximum Gasteiger partial charge on any atom is 0.407 e. The van der Waals surface area contributed by atoms with Crippen LogP contribution < -0.4 is 16.0 Å². The second-order valence-electron chi connectivity index (χ2n) is 10.7. The summed E-state index contributed by atoms with van der Waals surface area (Å²) in [5, 5.41) is 17.0. The number of hydrogen-bond acceptors (Lipinski definition) is 7. The van der Waals surface area contributed by atoms with Crippen LogP contribution in [0.2, 0.25) is 0 Å². The number of hydrogen-bond donors (Lipinski definition) is 4. The molecule has 0 aliphatic carbocycles. The Morgan fingerprint density at radius 1 is 0.902 bits per heavy atom. The van der Waals surface area contributed by atoms with Crippen molar-refractivity contribution in [1.82, 2.24) is 25.8 Å². The van der Waals surface area contributed by atoms with Crippen molar-refractivity contribution in [1.29, 1.82) is 0 Å². The largest absolute Gasteiger partial charge is 0.480 e. The molecular weight excluding hydrogens is 534 g/mol. The molecule has 1 aromatic rings. The summed E-state index contributed by atoms with van der Waals surface area (Å²) in [5.74, 6) is -3.06. The number of benzene rings is 1. The minimum absolute atomic E-state index is 0.0316. The molecule has 0 unspecified atom stereocenters. The van der Waals surface area contributed by atoms with E-state index in [4.69, 9.17) is 4.74 Å². The van der Waals surface area contributed by atoms with Crippen LogP contribution in [-0.2, 0) is 35.3 Å². The van der Waals surface area contributed by atoms with Crippen molar-refractivity contribution < 1.29 is 38.6 Å². The Bertz CT molecular complexity index is 1110. The summed E-state index contributed by atoms with van der Waals surface area (Å²) in [6, 6.07) is 6.42. The molecule has 3 atom stereocenters. The smallest absolute Gasteiger partial charge is 0.407 e. The van der Waals surface area contributed by atoms with Crippen LogP contribution in [0.1, 0.15) is 51.5 Å². The lowest BCUT2D eigenvalue weighted by atomic mass is 10.0. The number of ether oxygens (including phenoxy) is 1. The van der Waals surface area contributed by atoms with E-state index in [1.807, 2.05) is 32.0 Å². The Balaban J connectivity index is 1.51. The molecule has 4 N–H and O–H groups in total. The molecule has 13 nitrogen and oxygen atoms in total. The molecule has 2 heterocycles. The van der Waals surface area contributed by atoms with Gasteiger partial charge in [-0.05, 0) is 43.6 Å². The van der Waals surface area contributed by atoms with Crippen LogP contribution in [0.3, 0.4) is 0 Å². The molecule has 1 aromatic carbocycles. The predicted octanol–water partition coefficient (Wildman–Crippen LogP) is 0.627. The van der Waals surface area contributed by atoms with Gasteiger partial charge in [-0.1, -0.05) is 44.2 Å². The highest BCUT2D eigenvalue weighted by atomic mass is 16.5. The third kappa shape index (κ3) is 9.19. The first-order valence-corrected chi connectivity index (χ1v) is 13.9. The fourth-order valence-corrected chi connectivity index (χ4v) is 5.04. The Hall–Kier alpha value is -4.16. The van der Waals surface area contributed by atoms with Crippen molar-refractivity contribution in [3.63, 3.8) is 0 Å². The molecule has 0 spiro atoms. The van der Waals surface area contributed by atoms with Gasteiger partial charge in [0.25, 0.3) is 0 Å². The van der Waals surface area contributed by atoms with E-state index in [0.717, 1.165) is 5.56 Å². The summed E-state index contributed by atoms with van der Waals surface area (Å²) >= 11 is 0. The topological polar surface area (TPSA) is 174 Å². The molecule has 3 rings (SSSR count). The van der Waals surface area contributed by atoms with E-state index in [1.165, 1.54) is 9.80 Å². The molecule has 5 amide bonds. The summed E-state index contributed by atoms with van der Waals surface area (Å²) < 4.78 is 5.12. The van der Waals surface area contributed by atoms with Crippen LogP contribution in [-0.4, -0.2) is 94.9 Å². The fourth-order valence-electron chi connectivity index (χ4n) is 5.04. The van der Waals surface area contributed by atoms with Gasteiger partial charge in [0.15, 0.2) is 0 Å². The molecule has 2 aliphatic rings. The second-order valence-corrected chi connectivity index (χ2v) is 10.7. The standard InChI is InChI=1S/C28H39N5O8/c1-18(2)14-20(25(36)29-15-23(34)33-13-7-11-22(33)27(38)39)31-26(37)21-10-6-12-32(21)24(35)16-30-28(40)41-17-19-8-4-3-5-9-19/h3-5,8-9,18,20-22H,6-7,10-17H2,1-2H3,(H,29,36)(H,30,40)(H,31,37)(H,38,39)/t20-,21+,22-/m0/s1. The van der Waals surface area contributed by atoms with Gasteiger partial charge in [0.1, 0.15) is 31.3 Å². The Kier molecular flexibility index (Phi) is 11.5. The minimum atomic E-state index is -1.08. The van der Waals surface area contributed by atoms with Gasteiger partial charge in [0.05, 0.1) is 6.54 Å². The molecular formula is C28H39N5O8. The molecule has 13 heteroatoms. The predicted molar refractivity (Wildman–Crippen MR) is 146 cm³/mol. The van der Waals surface area contributed by atoms with Crippen LogP contribution >= 0.6 is 0 Å². The van der Waals surface area contributed by atoms with Crippen molar-refractivity contribution in [3.8, 4) is 0 Å². The third-order valence-corrected chi connectivity index (χ3v) is 7.08. The number of carboxylic acid groups (broad SMARTS) is 1. The molecule has 0 saturated carbocycles. The van der Waals surface area contributed by atoms with Crippen LogP contribution in [0.15, 0.2) is 30.3 Å². The lowest BCUT2D eigenvalue weighted by Crippen LogP contribution is -2.55. The van der Waals surface area contributed by atoms with Gasteiger partial charge in [-0.2, -0.15) is 0 Å². The highest BCUT2D eigenvalue weighted by molar-refractivity contribution is 5.94. The Morgan fingerprint density at radius 3 is 2.10 bits per heavy atom. The van der Waals surface area contributed by atoms with E-state index in [0.29, 0.717) is 45.2 Å². The van der Waals surface area contributed by atoms with Gasteiger partial charge in [-0.3, -0.25) is 19.2 Å². The van der Waals surface area contributed by atoms with Crippen molar-refractivity contribution in [2.75, 3.05) is 26.2 Å². The number of carbonyl (C=O) groups excluding carboxylic acids is 5. The molecule has 0 aromatic heterocycles. The number of alkyl carbamates (subject to hydrolysis) is 1. The third-order valence-electron chi connectivity index (χ3n) is 7.08. The lowest BCUT2D eigenvalue weighted by Gasteiger charge is -2.27. The first kappa shape index (κ1) is 31.4.